The number of halogens is 1. The summed E-state index contributed by atoms with van der Waals surface area (Å²) in [5.41, 5.74) is 3.40. The minimum Gasteiger partial charge on any atom is -0.310 e. The molecule has 1 N–H and O–H groups in total. The van der Waals surface area contributed by atoms with Gasteiger partial charge in [-0.15, -0.1) is 0 Å². The van der Waals surface area contributed by atoms with Crippen LogP contribution in [-0.2, 0) is 6.54 Å². The number of hydrogen-bond acceptors (Lipinski definition) is 2. The van der Waals surface area contributed by atoms with Crippen molar-refractivity contribution in [2.24, 2.45) is 0 Å². The summed E-state index contributed by atoms with van der Waals surface area (Å²) in [6.07, 6.45) is 0. The number of aryl methyl sites for hydroxylation is 2. The smallest absolute Gasteiger partial charge is 0.129 e. The highest BCUT2D eigenvalue weighted by atomic mass is 19.1. The van der Waals surface area contributed by atoms with Gasteiger partial charge in [-0.2, -0.15) is 5.10 Å². The Labute approximate surface area is 113 Å². The summed E-state index contributed by atoms with van der Waals surface area (Å²) in [5, 5.41) is 7.69. The van der Waals surface area contributed by atoms with Gasteiger partial charge in [-0.05, 0) is 32.0 Å². The van der Waals surface area contributed by atoms with E-state index in [0.717, 1.165) is 17.1 Å². The Morgan fingerprint density at radius 3 is 2.63 bits per heavy atom. The van der Waals surface area contributed by atoms with Crippen molar-refractivity contribution < 1.29 is 4.39 Å². The second kappa shape index (κ2) is 5.53. The molecule has 0 aliphatic heterocycles. The van der Waals surface area contributed by atoms with E-state index in [9.17, 15) is 4.39 Å². The lowest BCUT2D eigenvalue weighted by molar-refractivity contribution is 0.549. The van der Waals surface area contributed by atoms with Crippen LogP contribution >= 0.6 is 0 Å². The molecule has 0 aliphatic rings. The average molecular weight is 261 g/mol. The third kappa shape index (κ3) is 3.01. The monoisotopic (exact) mass is 261 g/mol. The van der Waals surface area contributed by atoms with E-state index in [1.807, 2.05) is 39.8 Å². The molecule has 1 aromatic carbocycles. The van der Waals surface area contributed by atoms with Gasteiger partial charge >= 0.3 is 0 Å². The lowest BCUT2D eigenvalue weighted by Gasteiger charge is -2.14. The molecule has 0 fully saturated rings. The van der Waals surface area contributed by atoms with Crippen LogP contribution in [0.4, 0.5) is 4.39 Å². The second-order valence-electron chi connectivity index (χ2n) is 5.11. The summed E-state index contributed by atoms with van der Waals surface area (Å²) in [7, 11) is 0. The van der Waals surface area contributed by atoms with Crippen LogP contribution in [0.15, 0.2) is 24.3 Å². The molecular formula is C15H20FN3. The van der Waals surface area contributed by atoms with Gasteiger partial charge in [-0.1, -0.05) is 19.9 Å². The quantitative estimate of drug-likeness (QED) is 0.916. The number of nitrogens with one attached hydrogen (secondary N) is 1. The van der Waals surface area contributed by atoms with Crippen molar-refractivity contribution in [2.45, 2.75) is 40.3 Å². The van der Waals surface area contributed by atoms with Crippen LogP contribution in [0.1, 0.15) is 30.8 Å². The maximum Gasteiger partial charge on any atom is 0.129 e. The normalized spacial score (nSPS) is 11.3. The zero-order valence-corrected chi connectivity index (χ0v) is 11.9. The van der Waals surface area contributed by atoms with Crippen molar-refractivity contribution in [3.8, 4) is 5.69 Å². The topological polar surface area (TPSA) is 29.9 Å². The molecule has 102 valence electrons. The molecule has 0 spiro atoms. The average Bonchev–Trinajstić information content (AvgIpc) is 2.66. The van der Waals surface area contributed by atoms with E-state index >= 15 is 0 Å². The predicted molar refractivity (Wildman–Crippen MR) is 75.0 cm³/mol. The standard InChI is InChI=1S/C15H20FN3/c1-10(2)17-9-13-14(16)6-5-7-15(13)19-12(4)8-11(3)18-19/h5-8,10,17H,9H2,1-4H3. The summed E-state index contributed by atoms with van der Waals surface area (Å²) in [6.45, 7) is 8.51. The lowest BCUT2D eigenvalue weighted by atomic mass is 10.1. The molecule has 19 heavy (non-hydrogen) atoms. The fourth-order valence-corrected chi connectivity index (χ4v) is 2.10. The SMILES string of the molecule is Cc1cc(C)n(-c2cccc(F)c2CNC(C)C)n1. The van der Waals surface area contributed by atoms with Gasteiger partial charge in [0.1, 0.15) is 5.82 Å². The highest BCUT2D eigenvalue weighted by molar-refractivity contribution is 5.42. The zero-order valence-electron chi connectivity index (χ0n) is 11.9. The molecule has 0 unspecified atom stereocenters. The number of benzene rings is 1. The van der Waals surface area contributed by atoms with Crippen molar-refractivity contribution in [1.82, 2.24) is 15.1 Å². The maximum atomic E-state index is 14.0. The minimum atomic E-state index is -0.196. The third-order valence-electron chi connectivity index (χ3n) is 3.02. The van der Waals surface area contributed by atoms with Crippen LogP contribution in [0.2, 0.25) is 0 Å². The van der Waals surface area contributed by atoms with E-state index in [0.29, 0.717) is 18.2 Å². The first-order valence-corrected chi connectivity index (χ1v) is 6.53. The Bertz CT molecular complexity index is 573. The van der Waals surface area contributed by atoms with Gasteiger partial charge in [-0.25, -0.2) is 9.07 Å². The van der Waals surface area contributed by atoms with Gasteiger partial charge in [0.15, 0.2) is 0 Å². The molecule has 0 radical (unpaired) electrons. The summed E-state index contributed by atoms with van der Waals surface area (Å²) < 4.78 is 15.8. The molecule has 0 amide bonds. The van der Waals surface area contributed by atoms with Gasteiger partial charge in [0, 0.05) is 23.8 Å². The third-order valence-corrected chi connectivity index (χ3v) is 3.02. The number of nitrogens with zero attached hydrogens (tertiary/aromatic N) is 2. The Hall–Kier alpha value is -1.68. The van der Waals surface area contributed by atoms with Crippen LogP contribution in [0.3, 0.4) is 0 Å². The van der Waals surface area contributed by atoms with Crippen LogP contribution in [-0.4, -0.2) is 15.8 Å². The number of aromatic nitrogens is 2. The molecule has 0 atom stereocenters. The van der Waals surface area contributed by atoms with E-state index in [2.05, 4.69) is 10.4 Å². The molecule has 1 heterocycles. The molecule has 0 saturated heterocycles. The van der Waals surface area contributed by atoms with E-state index in [1.54, 1.807) is 10.7 Å². The minimum absolute atomic E-state index is 0.196. The van der Waals surface area contributed by atoms with Crippen LogP contribution in [0, 0.1) is 19.7 Å². The fourth-order valence-electron chi connectivity index (χ4n) is 2.10. The van der Waals surface area contributed by atoms with E-state index < -0.39 is 0 Å². The zero-order chi connectivity index (χ0) is 14.0. The molecule has 3 nitrogen and oxygen atoms in total. The fraction of sp³-hybridized carbons (Fsp3) is 0.400. The first-order chi connectivity index (χ1) is 8.99. The van der Waals surface area contributed by atoms with Crippen LogP contribution < -0.4 is 5.32 Å². The number of rotatable bonds is 4. The van der Waals surface area contributed by atoms with Crippen LogP contribution in [0.25, 0.3) is 5.69 Å². The lowest BCUT2D eigenvalue weighted by Crippen LogP contribution is -2.23. The van der Waals surface area contributed by atoms with Gasteiger partial charge in [0.25, 0.3) is 0 Å². The summed E-state index contributed by atoms with van der Waals surface area (Å²) in [5.74, 6) is -0.196. The van der Waals surface area contributed by atoms with Crippen molar-refractivity contribution in [3.05, 3.63) is 47.0 Å². The van der Waals surface area contributed by atoms with Crippen molar-refractivity contribution in [3.63, 3.8) is 0 Å². The molecular weight excluding hydrogens is 241 g/mol. The second-order valence-corrected chi connectivity index (χ2v) is 5.11. The summed E-state index contributed by atoms with van der Waals surface area (Å²) >= 11 is 0. The molecule has 0 bridgehead atoms. The largest absolute Gasteiger partial charge is 0.310 e. The summed E-state index contributed by atoms with van der Waals surface area (Å²) in [6, 6.07) is 7.42. The van der Waals surface area contributed by atoms with Crippen molar-refractivity contribution in [2.75, 3.05) is 0 Å². The Morgan fingerprint density at radius 1 is 1.32 bits per heavy atom. The molecule has 0 saturated carbocycles. The first-order valence-electron chi connectivity index (χ1n) is 6.53. The molecule has 2 rings (SSSR count). The van der Waals surface area contributed by atoms with Gasteiger partial charge < -0.3 is 5.32 Å². The van der Waals surface area contributed by atoms with E-state index in [-0.39, 0.29) is 5.82 Å². The number of hydrogen-bond donors (Lipinski definition) is 1. The predicted octanol–water partition coefficient (Wildman–Crippen LogP) is 3.13. The van der Waals surface area contributed by atoms with Crippen molar-refractivity contribution >= 4 is 0 Å². The Balaban J connectivity index is 2.45. The van der Waals surface area contributed by atoms with E-state index in [4.69, 9.17) is 0 Å². The Morgan fingerprint density at radius 2 is 2.05 bits per heavy atom. The van der Waals surface area contributed by atoms with Gasteiger partial charge in [0.2, 0.25) is 0 Å². The highest BCUT2D eigenvalue weighted by Crippen LogP contribution is 2.20. The van der Waals surface area contributed by atoms with Crippen molar-refractivity contribution in [1.29, 1.82) is 0 Å². The molecule has 2 aromatic rings. The summed E-state index contributed by atoms with van der Waals surface area (Å²) in [4.78, 5) is 0. The molecule has 4 heteroatoms. The first kappa shape index (κ1) is 13.7. The van der Waals surface area contributed by atoms with Crippen LogP contribution in [0.5, 0.6) is 0 Å². The van der Waals surface area contributed by atoms with Gasteiger partial charge in [0.05, 0.1) is 11.4 Å². The maximum absolute atomic E-state index is 14.0. The Kier molecular flexibility index (Phi) is 4.00. The molecule has 1 aromatic heterocycles. The highest BCUT2D eigenvalue weighted by Gasteiger charge is 2.13. The van der Waals surface area contributed by atoms with E-state index in [1.165, 1.54) is 6.07 Å². The van der Waals surface area contributed by atoms with Gasteiger partial charge in [-0.3, -0.25) is 0 Å². The molecule has 0 aliphatic carbocycles.